The first kappa shape index (κ1) is 15.8. The number of nitrogens with one attached hydrogen (secondary N) is 1. The maximum absolute atomic E-state index is 12.7. The lowest BCUT2D eigenvalue weighted by molar-refractivity contribution is -0.118. The Hall–Kier alpha value is -1.61. The molecule has 0 aliphatic rings. The van der Waals surface area contributed by atoms with Crippen LogP contribution in [0, 0.1) is 5.92 Å². The van der Waals surface area contributed by atoms with Gasteiger partial charge >= 0.3 is 0 Å². The Morgan fingerprint density at radius 2 is 1.71 bits per heavy atom. The molecular weight excluding hydrogens is 326 g/mol. The minimum absolute atomic E-state index is 0.0536. The van der Waals surface area contributed by atoms with Gasteiger partial charge in [-0.3, -0.25) is 4.79 Å². The van der Waals surface area contributed by atoms with E-state index in [1.54, 1.807) is 0 Å². The van der Waals surface area contributed by atoms with Crippen LogP contribution in [0.2, 0.25) is 0 Å². The molecule has 0 bridgehead atoms. The molecule has 0 heterocycles. The molecule has 2 atom stereocenters. The molecule has 0 saturated carbocycles. The third-order valence-electron chi connectivity index (χ3n) is 3.77. The first-order valence-corrected chi connectivity index (χ1v) is 8.02. The summed E-state index contributed by atoms with van der Waals surface area (Å²) in [5, 5.41) is 3.02. The highest BCUT2D eigenvalue weighted by atomic mass is 79.9. The van der Waals surface area contributed by atoms with Crippen LogP contribution in [0.5, 0.6) is 0 Å². The zero-order chi connectivity index (χ0) is 15.2. The molecule has 1 amide bonds. The average Bonchev–Trinajstić information content (AvgIpc) is 2.50. The van der Waals surface area contributed by atoms with E-state index in [2.05, 4.69) is 35.1 Å². The van der Waals surface area contributed by atoms with Crippen molar-refractivity contribution in [1.82, 2.24) is 0 Å². The second kappa shape index (κ2) is 7.41. The molecular formula is C18H20BrNO. The van der Waals surface area contributed by atoms with Crippen molar-refractivity contribution in [2.75, 3.05) is 5.32 Å². The van der Waals surface area contributed by atoms with Gasteiger partial charge in [-0.25, -0.2) is 0 Å². The van der Waals surface area contributed by atoms with E-state index in [1.807, 2.05) is 54.6 Å². The van der Waals surface area contributed by atoms with Crippen LogP contribution >= 0.6 is 15.9 Å². The van der Waals surface area contributed by atoms with E-state index in [0.29, 0.717) is 5.92 Å². The maximum Gasteiger partial charge on any atom is 0.232 e. The summed E-state index contributed by atoms with van der Waals surface area (Å²) in [7, 11) is 0. The zero-order valence-corrected chi connectivity index (χ0v) is 13.9. The van der Waals surface area contributed by atoms with Gasteiger partial charge in [-0.2, -0.15) is 0 Å². The first-order chi connectivity index (χ1) is 10.1. The van der Waals surface area contributed by atoms with Crippen LogP contribution in [0.4, 0.5) is 5.69 Å². The summed E-state index contributed by atoms with van der Waals surface area (Å²) in [4.78, 5) is 12.7. The monoisotopic (exact) mass is 345 g/mol. The molecule has 0 aliphatic carbocycles. The molecule has 0 aromatic heterocycles. The van der Waals surface area contributed by atoms with E-state index < -0.39 is 0 Å². The topological polar surface area (TPSA) is 29.1 Å². The van der Waals surface area contributed by atoms with Crippen LogP contribution in [-0.4, -0.2) is 5.91 Å². The summed E-state index contributed by atoms with van der Waals surface area (Å²) in [6.07, 6.45) is 0.966. The summed E-state index contributed by atoms with van der Waals surface area (Å²) in [5.74, 6) is 0.223. The molecule has 2 aromatic rings. The van der Waals surface area contributed by atoms with Gasteiger partial charge in [-0.15, -0.1) is 0 Å². The fourth-order valence-electron chi connectivity index (χ4n) is 2.39. The zero-order valence-electron chi connectivity index (χ0n) is 12.3. The van der Waals surface area contributed by atoms with Crippen molar-refractivity contribution >= 4 is 27.5 Å². The lowest BCUT2D eigenvalue weighted by Gasteiger charge is -2.22. The van der Waals surface area contributed by atoms with E-state index in [1.165, 1.54) is 0 Å². The van der Waals surface area contributed by atoms with Gasteiger partial charge in [-0.05, 0) is 35.7 Å². The lowest BCUT2D eigenvalue weighted by atomic mass is 9.85. The number of halogens is 1. The summed E-state index contributed by atoms with van der Waals surface area (Å²) in [6, 6.07) is 17.7. The minimum atomic E-state index is -0.125. The van der Waals surface area contributed by atoms with Crippen molar-refractivity contribution in [2.24, 2.45) is 5.92 Å². The molecule has 0 radical (unpaired) electrons. The predicted molar refractivity (Wildman–Crippen MR) is 91.4 cm³/mol. The van der Waals surface area contributed by atoms with Crippen molar-refractivity contribution in [3.8, 4) is 0 Å². The third kappa shape index (κ3) is 4.18. The quantitative estimate of drug-likeness (QED) is 0.790. The third-order valence-corrected chi connectivity index (χ3v) is 4.29. The van der Waals surface area contributed by atoms with E-state index in [9.17, 15) is 4.79 Å². The van der Waals surface area contributed by atoms with E-state index >= 15 is 0 Å². The van der Waals surface area contributed by atoms with Crippen LogP contribution in [-0.2, 0) is 4.79 Å². The second-order valence-electron chi connectivity index (χ2n) is 5.27. The fourth-order valence-corrected chi connectivity index (χ4v) is 2.65. The standard InChI is InChI=1S/C18H20BrNO/c1-3-13(2)17(14-7-5-4-6-8-14)18(21)20-16-11-9-15(19)10-12-16/h4-13,17H,3H2,1-2H3,(H,20,21). The average molecular weight is 346 g/mol. The number of carbonyl (C=O) groups is 1. The summed E-state index contributed by atoms with van der Waals surface area (Å²) in [5.41, 5.74) is 1.90. The normalized spacial score (nSPS) is 13.5. The van der Waals surface area contributed by atoms with E-state index in [0.717, 1.165) is 22.1 Å². The van der Waals surface area contributed by atoms with Gasteiger partial charge in [-0.1, -0.05) is 66.5 Å². The van der Waals surface area contributed by atoms with Crippen molar-refractivity contribution < 1.29 is 4.79 Å². The summed E-state index contributed by atoms with van der Waals surface area (Å²) in [6.45, 7) is 4.24. The molecule has 110 valence electrons. The SMILES string of the molecule is CCC(C)C(C(=O)Nc1ccc(Br)cc1)c1ccccc1. The van der Waals surface area contributed by atoms with Gasteiger partial charge < -0.3 is 5.32 Å². The number of anilines is 1. The molecule has 21 heavy (non-hydrogen) atoms. The lowest BCUT2D eigenvalue weighted by Crippen LogP contribution is -2.26. The van der Waals surface area contributed by atoms with Crippen molar-refractivity contribution in [3.05, 3.63) is 64.6 Å². The molecule has 1 N–H and O–H groups in total. The number of carbonyl (C=O) groups excluding carboxylic acids is 1. The Labute approximate surface area is 134 Å². The first-order valence-electron chi connectivity index (χ1n) is 7.23. The van der Waals surface area contributed by atoms with Gasteiger partial charge in [0.1, 0.15) is 0 Å². The second-order valence-corrected chi connectivity index (χ2v) is 6.19. The number of hydrogen-bond acceptors (Lipinski definition) is 1. The largest absolute Gasteiger partial charge is 0.326 e. The number of rotatable bonds is 5. The van der Waals surface area contributed by atoms with Crippen LogP contribution in [0.3, 0.4) is 0 Å². The molecule has 0 fully saturated rings. The van der Waals surface area contributed by atoms with Crippen LogP contribution in [0.1, 0.15) is 31.7 Å². The van der Waals surface area contributed by atoms with Gasteiger partial charge in [0.05, 0.1) is 5.92 Å². The summed E-state index contributed by atoms with van der Waals surface area (Å²) < 4.78 is 1.00. The molecule has 3 heteroatoms. The van der Waals surface area contributed by atoms with Gasteiger partial charge in [0.25, 0.3) is 0 Å². The van der Waals surface area contributed by atoms with E-state index in [4.69, 9.17) is 0 Å². The van der Waals surface area contributed by atoms with Gasteiger partial charge in [0.2, 0.25) is 5.91 Å². The van der Waals surface area contributed by atoms with Crippen LogP contribution in [0.15, 0.2) is 59.1 Å². The Morgan fingerprint density at radius 1 is 1.10 bits per heavy atom. The molecule has 2 nitrogen and oxygen atoms in total. The van der Waals surface area contributed by atoms with Gasteiger partial charge in [0, 0.05) is 10.2 Å². The minimum Gasteiger partial charge on any atom is -0.326 e. The van der Waals surface area contributed by atoms with Crippen LogP contribution in [0.25, 0.3) is 0 Å². The predicted octanol–water partition coefficient (Wildman–Crippen LogP) is 5.22. The van der Waals surface area contributed by atoms with Crippen molar-refractivity contribution in [1.29, 1.82) is 0 Å². The van der Waals surface area contributed by atoms with Gasteiger partial charge in [0.15, 0.2) is 0 Å². The molecule has 2 aromatic carbocycles. The number of benzene rings is 2. The number of amides is 1. The molecule has 2 unspecified atom stereocenters. The Kier molecular flexibility index (Phi) is 5.57. The molecule has 2 rings (SSSR count). The highest BCUT2D eigenvalue weighted by Gasteiger charge is 2.25. The smallest absolute Gasteiger partial charge is 0.232 e. The highest BCUT2D eigenvalue weighted by Crippen LogP contribution is 2.28. The number of hydrogen-bond donors (Lipinski definition) is 1. The summed E-state index contributed by atoms with van der Waals surface area (Å²) >= 11 is 3.40. The van der Waals surface area contributed by atoms with Crippen LogP contribution < -0.4 is 5.32 Å². The molecule has 0 saturated heterocycles. The van der Waals surface area contributed by atoms with Crippen molar-refractivity contribution in [3.63, 3.8) is 0 Å². The Morgan fingerprint density at radius 3 is 2.29 bits per heavy atom. The molecule has 0 spiro atoms. The van der Waals surface area contributed by atoms with Crippen molar-refractivity contribution in [2.45, 2.75) is 26.2 Å². The maximum atomic E-state index is 12.7. The molecule has 0 aliphatic heterocycles. The highest BCUT2D eigenvalue weighted by molar-refractivity contribution is 9.10. The Balaban J connectivity index is 2.20. The fraction of sp³-hybridized carbons (Fsp3) is 0.278. The Bertz CT molecular complexity index is 580. The van der Waals surface area contributed by atoms with E-state index in [-0.39, 0.29) is 11.8 Å².